The molecule has 15 heavy (non-hydrogen) atoms. The monoisotopic (exact) mass is 208 g/mol. The summed E-state index contributed by atoms with van der Waals surface area (Å²) in [5, 5.41) is 8.97. The van der Waals surface area contributed by atoms with Crippen molar-refractivity contribution < 1.29 is 8.78 Å². The summed E-state index contributed by atoms with van der Waals surface area (Å²) >= 11 is 0. The van der Waals surface area contributed by atoms with E-state index in [0.717, 1.165) is 12.3 Å². The number of allylic oxidation sites excluding steroid dienone is 1. The molecule has 0 aliphatic rings. The summed E-state index contributed by atoms with van der Waals surface area (Å²) in [5.74, 6) is -2.27. The molecule has 0 fully saturated rings. The third kappa shape index (κ3) is 2.72. The van der Waals surface area contributed by atoms with Crippen LogP contribution in [0.2, 0.25) is 0 Å². The van der Waals surface area contributed by atoms with Crippen molar-refractivity contribution in [3.8, 4) is 0 Å². The topological polar surface area (TPSA) is 22.3 Å². The quantitative estimate of drug-likeness (QED) is 0.520. The second-order valence-corrected chi connectivity index (χ2v) is 3.26. The van der Waals surface area contributed by atoms with Gasteiger partial charge in [0.25, 0.3) is 0 Å². The van der Waals surface area contributed by atoms with Gasteiger partial charge < -0.3 is 5.41 Å². The molecule has 3 heteroatoms. The maximum atomic E-state index is 13.3. The molecular weight excluding hydrogens is 196 g/mol. The lowest BCUT2D eigenvalue weighted by atomic mass is 9.95. The molecule has 0 aliphatic heterocycles. The first-order valence-electron chi connectivity index (χ1n) is 4.73. The molecule has 0 spiro atoms. The smallest absolute Gasteiger partial charge is 0.162 e. The van der Waals surface area contributed by atoms with Crippen molar-refractivity contribution in [3.05, 3.63) is 53.5 Å². The Hall–Kier alpha value is -1.51. The third-order valence-electron chi connectivity index (χ3n) is 2.24. The lowest BCUT2D eigenvalue weighted by molar-refractivity contribution is 0.495. The summed E-state index contributed by atoms with van der Waals surface area (Å²) in [4.78, 5) is 0. The van der Waals surface area contributed by atoms with Gasteiger partial charge in [-0.25, -0.2) is 15.0 Å². The van der Waals surface area contributed by atoms with Gasteiger partial charge in [0, 0.05) is 0 Å². The van der Waals surface area contributed by atoms with Crippen molar-refractivity contribution in [2.45, 2.75) is 18.8 Å². The fourth-order valence-corrected chi connectivity index (χ4v) is 1.41. The van der Waals surface area contributed by atoms with Crippen molar-refractivity contribution in [1.29, 1.82) is 0 Å². The summed E-state index contributed by atoms with van der Waals surface area (Å²) < 4.78 is 26.2. The minimum Gasteiger partial charge on any atom is -0.814 e. The summed E-state index contributed by atoms with van der Waals surface area (Å²) in [6.07, 6.45) is 3.72. The standard InChI is InChI=1S/C12H12F2N/c1-2-3-5-9(8-15)10-6-4-7-11(13)12(10)14/h2,4,6-9H,1,3,5H2/q-1/t9-/m1/s1. The van der Waals surface area contributed by atoms with Gasteiger partial charge in [-0.15, -0.1) is 6.58 Å². The number of benzene rings is 1. The van der Waals surface area contributed by atoms with E-state index in [-0.39, 0.29) is 5.56 Å². The van der Waals surface area contributed by atoms with Crippen molar-refractivity contribution in [2.24, 2.45) is 0 Å². The highest BCUT2D eigenvalue weighted by Gasteiger charge is 2.13. The van der Waals surface area contributed by atoms with Gasteiger partial charge in [-0.2, -0.15) is 0 Å². The summed E-state index contributed by atoms with van der Waals surface area (Å²) in [5.41, 5.74) is 0.180. The van der Waals surface area contributed by atoms with Crippen LogP contribution in [0, 0.1) is 11.6 Å². The van der Waals surface area contributed by atoms with Gasteiger partial charge in [-0.3, -0.25) is 0 Å². The summed E-state index contributed by atoms with van der Waals surface area (Å²) in [7, 11) is 0. The molecule has 0 saturated carbocycles. The molecule has 0 aliphatic carbocycles. The molecule has 0 bridgehead atoms. The molecule has 1 atom stereocenters. The molecule has 1 aromatic carbocycles. The zero-order valence-corrected chi connectivity index (χ0v) is 8.29. The van der Waals surface area contributed by atoms with Crippen molar-refractivity contribution in [3.63, 3.8) is 0 Å². The SMILES string of the molecule is C=CCC[C@H](C=[N-])c1cccc(F)c1F. The number of rotatable bonds is 5. The van der Waals surface area contributed by atoms with E-state index in [1.165, 1.54) is 12.1 Å². The Balaban J connectivity index is 2.95. The number of hydrogen-bond donors (Lipinski definition) is 0. The summed E-state index contributed by atoms with van der Waals surface area (Å²) in [6, 6.07) is 3.96. The van der Waals surface area contributed by atoms with Gasteiger partial charge in [0.15, 0.2) is 11.6 Å². The normalized spacial score (nSPS) is 12.1. The summed E-state index contributed by atoms with van der Waals surface area (Å²) in [6.45, 7) is 3.54. The van der Waals surface area contributed by atoms with E-state index in [0.29, 0.717) is 12.8 Å². The lowest BCUT2D eigenvalue weighted by Gasteiger charge is -2.15. The van der Waals surface area contributed by atoms with Gasteiger partial charge in [0.05, 0.1) is 0 Å². The molecule has 80 valence electrons. The van der Waals surface area contributed by atoms with Crippen LogP contribution in [0.4, 0.5) is 8.78 Å². The molecule has 0 amide bonds. The number of nitrogens with zero attached hydrogens (tertiary/aromatic N) is 1. The minimum absolute atomic E-state index is 0.180. The fourth-order valence-electron chi connectivity index (χ4n) is 1.41. The van der Waals surface area contributed by atoms with E-state index in [1.54, 1.807) is 6.08 Å². The first-order valence-corrected chi connectivity index (χ1v) is 4.73. The fraction of sp³-hybridized carbons (Fsp3) is 0.250. The predicted molar refractivity (Wildman–Crippen MR) is 58.0 cm³/mol. The van der Waals surface area contributed by atoms with E-state index in [2.05, 4.69) is 6.58 Å². The average molecular weight is 208 g/mol. The molecule has 0 radical (unpaired) electrons. The van der Waals surface area contributed by atoms with Crippen LogP contribution in [0.3, 0.4) is 0 Å². The molecule has 0 heterocycles. The largest absolute Gasteiger partial charge is 0.814 e. The molecule has 0 saturated heterocycles. The van der Waals surface area contributed by atoms with Gasteiger partial charge in [-0.1, -0.05) is 18.2 Å². The van der Waals surface area contributed by atoms with Gasteiger partial charge in [0.1, 0.15) is 0 Å². The zero-order valence-electron chi connectivity index (χ0n) is 8.29. The maximum absolute atomic E-state index is 13.3. The molecule has 0 unspecified atom stereocenters. The van der Waals surface area contributed by atoms with Crippen LogP contribution in [0.25, 0.3) is 5.41 Å². The van der Waals surface area contributed by atoms with Gasteiger partial charge in [0.2, 0.25) is 0 Å². The van der Waals surface area contributed by atoms with Crippen LogP contribution in [0.1, 0.15) is 24.3 Å². The highest BCUT2D eigenvalue weighted by molar-refractivity contribution is 5.70. The Kier molecular flexibility index (Phi) is 4.16. The Bertz CT molecular complexity index is 361. The molecule has 1 aromatic rings. The third-order valence-corrected chi connectivity index (χ3v) is 2.24. The van der Waals surface area contributed by atoms with Crippen LogP contribution in [-0.4, -0.2) is 6.21 Å². The van der Waals surface area contributed by atoms with E-state index in [9.17, 15) is 8.78 Å². The van der Waals surface area contributed by atoms with Crippen LogP contribution in [-0.2, 0) is 0 Å². The van der Waals surface area contributed by atoms with Gasteiger partial charge in [-0.05, 0) is 30.4 Å². The highest BCUT2D eigenvalue weighted by Crippen LogP contribution is 2.23. The van der Waals surface area contributed by atoms with Crippen molar-refractivity contribution >= 4 is 6.21 Å². The van der Waals surface area contributed by atoms with E-state index in [1.807, 2.05) is 0 Å². The molecular formula is C12H12F2N-. The highest BCUT2D eigenvalue weighted by atomic mass is 19.2. The van der Waals surface area contributed by atoms with Crippen LogP contribution in [0.15, 0.2) is 30.9 Å². The first kappa shape index (κ1) is 11.6. The maximum Gasteiger partial charge on any atom is 0.162 e. The number of halogens is 2. The minimum atomic E-state index is -0.892. The average Bonchev–Trinajstić information content (AvgIpc) is 2.25. The Labute approximate surface area is 87.9 Å². The lowest BCUT2D eigenvalue weighted by Crippen LogP contribution is -2.03. The second kappa shape index (κ2) is 5.39. The molecule has 1 rings (SSSR count). The second-order valence-electron chi connectivity index (χ2n) is 3.26. The molecule has 0 N–H and O–H groups in total. The van der Waals surface area contributed by atoms with Crippen LogP contribution >= 0.6 is 0 Å². The first-order chi connectivity index (χ1) is 7.20. The van der Waals surface area contributed by atoms with Crippen LogP contribution in [0.5, 0.6) is 0 Å². The number of hydrogen-bond acceptors (Lipinski definition) is 0. The Morgan fingerprint density at radius 3 is 2.73 bits per heavy atom. The Morgan fingerprint density at radius 2 is 2.13 bits per heavy atom. The van der Waals surface area contributed by atoms with Crippen molar-refractivity contribution in [2.75, 3.05) is 0 Å². The Morgan fingerprint density at radius 1 is 1.40 bits per heavy atom. The van der Waals surface area contributed by atoms with E-state index in [4.69, 9.17) is 5.41 Å². The molecule has 0 aromatic heterocycles. The predicted octanol–water partition coefficient (Wildman–Crippen LogP) is 3.65. The van der Waals surface area contributed by atoms with Gasteiger partial charge >= 0.3 is 0 Å². The van der Waals surface area contributed by atoms with E-state index >= 15 is 0 Å². The van der Waals surface area contributed by atoms with Crippen LogP contribution < -0.4 is 0 Å². The molecule has 1 nitrogen and oxygen atoms in total. The zero-order chi connectivity index (χ0) is 11.3. The van der Waals surface area contributed by atoms with Crippen molar-refractivity contribution in [1.82, 2.24) is 0 Å². The van der Waals surface area contributed by atoms with E-state index < -0.39 is 17.6 Å².